The molecule has 2 rings (SSSR count). The van der Waals surface area contributed by atoms with Crippen molar-refractivity contribution < 1.29 is 14.7 Å². The largest absolute Gasteiger partial charge is 0.480 e. The van der Waals surface area contributed by atoms with Crippen molar-refractivity contribution in [3.05, 3.63) is 0 Å². The molecular weight excluding hydrogens is 264 g/mol. The Bertz CT molecular complexity index is 369. The Hall–Kier alpha value is -0.750. The number of thioether (sulfide) groups is 1. The van der Waals surface area contributed by atoms with Gasteiger partial charge in [0.05, 0.1) is 10.9 Å². The van der Waals surface area contributed by atoms with Crippen LogP contribution in [0.2, 0.25) is 0 Å². The van der Waals surface area contributed by atoms with Crippen molar-refractivity contribution in [3.63, 3.8) is 0 Å². The molecule has 2 saturated heterocycles. The number of aliphatic carboxylic acids is 1. The summed E-state index contributed by atoms with van der Waals surface area (Å²) in [5.41, 5.74) is -0.526. The molecule has 19 heavy (non-hydrogen) atoms. The predicted octanol–water partition coefficient (Wildman–Crippen LogP) is 1.28. The average molecular weight is 286 g/mol. The molecule has 2 aliphatic heterocycles. The molecule has 0 aliphatic carbocycles. The fraction of sp³-hybridized carbons (Fsp3) is 0.846. The molecule has 0 aromatic heterocycles. The van der Waals surface area contributed by atoms with Gasteiger partial charge in [-0.15, -0.1) is 11.8 Å². The molecule has 108 valence electrons. The van der Waals surface area contributed by atoms with Gasteiger partial charge in [0.2, 0.25) is 5.91 Å². The van der Waals surface area contributed by atoms with E-state index in [2.05, 4.69) is 12.2 Å². The summed E-state index contributed by atoms with van der Waals surface area (Å²) >= 11 is 1.54. The summed E-state index contributed by atoms with van der Waals surface area (Å²) in [4.78, 5) is 25.8. The minimum Gasteiger partial charge on any atom is -0.480 e. The zero-order valence-corrected chi connectivity index (χ0v) is 12.3. The van der Waals surface area contributed by atoms with Crippen LogP contribution in [-0.4, -0.2) is 51.1 Å². The molecule has 5 nitrogen and oxygen atoms in total. The van der Waals surface area contributed by atoms with Crippen LogP contribution in [0.1, 0.15) is 39.5 Å². The molecular formula is C13H22N2O3S. The summed E-state index contributed by atoms with van der Waals surface area (Å²) in [6.07, 6.45) is 3.51. The van der Waals surface area contributed by atoms with E-state index in [1.165, 1.54) is 0 Å². The van der Waals surface area contributed by atoms with E-state index in [9.17, 15) is 14.7 Å². The summed E-state index contributed by atoms with van der Waals surface area (Å²) in [7, 11) is 0. The first-order valence-electron chi connectivity index (χ1n) is 6.94. The Kier molecular flexibility index (Phi) is 4.40. The van der Waals surface area contributed by atoms with Crippen molar-refractivity contribution in [2.75, 3.05) is 12.3 Å². The first-order valence-corrected chi connectivity index (χ1v) is 7.99. The Morgan fingerprint density at radius 1 is 1.53 bits per heavy atom. The number of carbonyl (C=O) groups is 2. The Balaban J connectivity index is 2.22. The highest BCUT2D eigenvalue weighted by molar-refractivity contribution is 8.00. The van der Waals surface area contributed by atoms with Gasteiger partial charge in [-0.05, 0) is 32.7 Å². The first-order chi connectivity index (χ1) is 9.02. The molecule has 3 atom stereocenters. The summed E-state index contributed by atoms with van der Waals surface area (Å²) in [5, 5.41) is 12.6. The zero-order chi connectivity index (χ0) is 14.0. The van der Waals surface area contributed by atoms with E-state index in [1.54, 1.807) is 16.7 Å². The Labute approximate surface area is 118 Å². The molecule has 0 saturated carbocycles. The third-order valence-electron chi connectivity index (χ3n) is 4.07. The van der Waals surface area contributed by atoms with Crippen molar-refractivity contribution in [1.82, 2.24) is 10.2 Å². The van der Waals surface area contributed by atoms with Crippen LogP contribution in [0.25, 0.3) is 0 Å². The van der Waals surface area contributed by atoms with Crippen LogP contribution in [0.4, 0.5) is 0 Å². The highest BCUT2D eigenvalue weighted by Gasteiger charge is 2.49. The molecule has 0 aromatic rings. The molecule has 2 N–H and O–H groups in total. The number of hydrogen-bond acceptors (Lipinski definition) is 4. The summed E-state index contributed by atoms with van der Waals surface area (Å²) in [6.45, 7) is 4.82. The van der Waals surface area contributed by atoms with Gasteiger partial charge in [-0.3, -0.25) is 4.79 Å². The van der Waals surface area contributed by atoms with Crippen molar-refractivity contribution in [2.45, 2.75) is 56.5 Å². The molecule has 2 fully saturated rings. The van der Waals surface area contributed by atoms with Crippen LogP contribution in [0, 0.1) is 0 Å². The maximum Gasteiger partial charge on any atom is 0.327 e. The van der Waals surface area contributed by atoms with E-state index in [4.69, 9.17) is 0 Å². The lowest BCUT2D eigenvalue weighted by atomic mass is 9.89. The first kappa shape index (κ1) is 14.7. The number of carboxylic acids is 1. The van der Waals surface area contributed by atoms with Crippen molar-refractivity contribution >= 4 is 23.6 Å². The maximum atomic E-state index is 12.9. The SMILES string of the molecule is CCCC1(C(=O)N2C(C)SCC2C(=O)O)CCCN1. The molecule has 2 heterocycles. The van der Waals surface area contributed by atoms with Gasteiger partial charge in [-0.1, -0.05) is 13.3 Å². The van der Waals surface area contributed by atoms with Gasteiger partial charge < -0.3 is 15.3 Å². The lowest BCUT2D eigenvalue weighted by Gasteiger charge is -2.36. The number of amides is 1. The van der Waals surface area contributed by atoms with E-state index < -0.39 is 17.6 Å². The summed E-state index contributed by atoms with van der Waals surface area (Å²) in [5.74, 6) is -0.420. The second-order valence-corrected chi connectivity index (χ2v) is 6.71. The van der Waals surface area contributed by atoms with Crippen LogP contribution >= 0.6 is 11.8 Å². The number of carbonyl (C=O) groups excluding carboxylic acids is 1. The van der Waals surface area contributed by atoms with E-state index in [0.717, 1.165) is 32.2 Å². The Morgan fingerprint density at radius 2 is 2.26 bits per heavy atom. The van der Waals surface area contributed by atoms with Gasteiger partial charge in [-0.2, -0.15) is 0 Å². The molecule has 0 radical (unpaired) electrons. The van der Waals surface area contributed by atoms with Crippen LogP contribution < -0.4 is 5.32 Å². The van der Waals surface area contributed by atoms with E-state index in [1.807, 2.05) is 6.92 Å². The highest BCUT2D eigenvalue weighted by Crippen LogP contribution is 2.35. The normalized spacial score (nSPS) is 34.7. The predicted molar refractivity (Wildman–Crippen MR) is 75.1 cm³/mol. The fourth-order valence-electron chi connectivity index (χ4n) is 3.12. The van der Waals surface area contributed by atoms with Gasteiger partial charge >= 0.3 is 5.97 Å². The molecule has 3 unspecified atom stereocenters. The molecule has 0 aromatic carbocycles. The van der Waals surface area contributed by atoms with Crippen LogP contribution in [0.3, 0.4) is 0 Å². The number of nitrogens with one attached hydrogen (secondary N) is 1. The second-order valence-electron chi connectivity index (χ2n) is 5.36. The molecule has 0 spiro atoms. The smallest absolute Gasteiger partial charge is 0.327 e. The molecule has 6 heteroatoms. The van der Waals surface area contributed by atoms with Crippen molar-refractivity contribution in [1.29, 1.82) is 0 Å². The summed E-state index contributed by atoms with van der Waals surface area (Å²) in [6, 6.07) is -0.677. The number of nitrogens with zero attached hydrogens (tertiary/aromatic N) is 1. The topological polar surface area (TPSA) is 69.6 Å². The van der Waals surface area contributed by atoms with Gasteiger partial charge in [-0.25, -0.2) is 4.79 Å². The Morgan fingerprint density at radius 3 is 2.79 bits per heavy atom. The third-order valence-corrected chi connectivity index (χ3v) is 5.29. The monoisotopic (exact) mass is 286 g/mol. The minimum absolute atomic E-state index is 0.0169. The van der Waals surface area contributed by atoms with Crippen molar-refractivity contribution in [3.8, 4) is 0 Å². The van der Waals surface area contributed by atoms with E-state index in [-0.39, 0.29) is 11.3 Å². The molecule has 1 amide bonds. The average Bonchev–Trinajstić information content (AvgIpc) is 2.96. The number of hydrogen-bond donors (Lipinski definition) is 2. The van der Waals surface area contributed by atoms with Crippen LogP contribution in [0.5, 0.6) is 0 Å². The van der Waals surface area contributed by atoms with Crippen LogP contribution in [0.15, 0.2) is 0 Å². The second kappa shape index (κ2) is 5.71. The fourth-order valence-corrected chi connectivity index (χ4v) is 4.29. The molecule has 2 aliphatic rings. The van der Waals surface area contributed by atoms with Gasteiger partial charge in [0.25, 0.3) is 0 Å². The summed E-state index contributed by atoms with van der Waals surface area (Å²) < 4.78 is 0. The van der Waals surface area contributed by atoms with E-state index in [0.29, 0.717) is 5.75 Å². The standard InChI is InChI=1S/C13H22N2O3S/c1-3-5-13(6-4-7-14-13)12(18)15-9(2)19-8-10(15)11(16)17/h9-10,14H,3-8H2,1-2H3,(H,16,17). The van der Waals surface area contributed by atoms with Crippen molar-refractivity contribution in [2.24, 2.45) is 0 Å². The number of rotatable bonds is 4. The zero-order valence-electron chi connectivity index (χ0n) is 11.5. The number of carboxylic acid groups (broad SMARTS) is 1. The minimum atomic E-state index is -0.894. The highest BCUT2D eigenvalue weighted by atomic mass is 32.2. The molecule has 0 bridgehead atoms. The third kappa shape index (κ3) is 2.60. The lowest BCUT2D eigenvalue weighted by molar-refractivity contribution is -0.152. The van der Waals surface area contributed by atoms with Gasteiger partial charge in [0.15, 0.2) is 0 Å². The quantitative estimate of drug-likeness (QED) is 0.815. The maximum absolute atomic E-state index is 12.9. The van der Waals surface area contributed by atoms with Gasteiger partial charge in [0, 0.05) is 5.75 Å². The van der Waals surface area contributed by atoms with Crippen LogP contribution in [-0.2, 0) is 9.59 Å². The lowest BCUT2D eigenvalue weighted by Crippen LogP contribution is -2.58. The van der Waals surface area contributed by atoms with E-state index >= 15 is 0 Å². The van der Waals surface area contributed by atoms with Gasteiger partial charge in [0.1, 0.15) is 6.04 Å².